The van der Waals surface area contributed by atoms with E-state index in [9.17, 15) is 13.9 Å². The topological polar surface area (TPSA) is 54.4 Å². The predicted molar refractivity (Wildman–Crippen MR) is 97.9 cm³/mol. The van der Waals surface area contributed by atoms with Gasteiger partial charge in [-0.1, -0.05) is 19.9 Å². The maximum Gasteiger partial charge on any atom is 0.146 e. The molecule has 4 nitrogen and oxygen atoms in total. The van der Waals surface area contributed by atoms with Crippen molar-refractivity contribution in [3.8, 4) is 17.0 Å². The van der Waals surface area contributed by atoms with Crippen LogP contribution in [0.15, 0.2) is 30.3 Å². The fourth-order valence-electron chi connectivity index (χ4n) is 2.59. The molecule has 0 aliphatic rings. The number of hydrogen-bond donors (Lipinski definition) is 2. The zero-order chi connectivity index (χ0) is 19.3. The highest BCUT2D eigenvalue weighted by Gasteiger charge is 2.18. The minimum absolute atomic E-state index is 0.0569. The normalized spacial score (nSPS) is 12.7. The number of nitrogens with zero attached hydrogens (tertiary/aromatic N) is 1. The van der Waals surface area contributed by atoms with Gasteiger partial charge in [-0.3, -0.25) is 0 Å². The SMILES string of the molecule is CC(C)Oc1cccc(F)c1-c1ccc(F)c(CN[C@@H](CO)C(C)C)n1. The van der Waals surface area contributed by atoms with E-state index in [0.29, 0.717) is 11.4 Å². The maximum atomic E-state index is 14.4. The lowest BCUT2D eigenvalue weighted by Gasteiger charge is -2.20. The number of nitrogens with one attached hydrogen (secondary N) is 1. The second kappa shape index (κ2) is 9.05. The molecule has 1 heterocycles. The Morgan fingerprint density at radius 1 is 1.08 bits per heavy atom. The third-order valence-corrected chi connectivity index (χ3v) is 4.05. The number of aromatic nitrogens is 1. The van der Waals surface area contributed by atoms with E-state index in [1.54, 1.807) is 12.1 Å². The van der Waals surface area contributed by atoms with Gasteiger partial charge in [-0.25, -0.2) is 13.8 Å². The lowest BCUT2D eigenvalue weighted by atomic mass is 10.1. The molecule has 142 valence electrons. The number of rotatable bonds is 8. The highest BCUT2D eigenvalue weighted by Crippen LogP contribution is 2.32. The molecule has 2 rings (SSSR count). The van der Waals surface area contributed by atoms with Crippen molar-refractivity contribution in [2.24, 2.45) is 5.92 Å². The molecule has 0 spiro atoms. The summed E-state index contributed by atoms with van der Waals surface area (Å²) >= 11 is 0. The van der Waals surface area contributed by atoms with Gasteiger partial charge in [-0.05, 0) is 44.0 Å². The van der Waals surface area contributed by atoms with Gasteiger partial charge in [0.25, 0.3) is 0 Å². The Labute approximate surface area is 153 Å². The molecule has 0 aliphatic heterocycles. The molecule has 1 aromatic carbocycles. The quantitative estimate of drug-likeness (QED) is 0.745. The Balaban J connectivity index is 2.35. The summed E-state index contributed by atoms with van der Waals surface area (Å²) in [7, 11) is 0. The van der Waals surface area contributed by atoms with Crippen LogP contribution in [0.3, 0.4) is 0 Å². The molecular formula is C20H26F2N2O2. The van der Waals surface area contributed by atoms with Crippen LogP contribution in [-0.4, -0.2) is 28.8 Å². The van der Waals surface area contributed by atoms with E-state index in [2.05, 4.69) is 10.3 Å². The van der Waals surface area contributed by atoms with Crippen molar-refractivity contribution in [1.82, 2.24) is 10.3 Å². The fraction of sp³-hybridized carbons (Fsp3) is 0.450. The van der Waals surface area contributed by atoms with Gasteiger partial charge >= 0.3 is 0 Å². The van der Waals surface area contributed by atoms with E-state index in [0.717, 1.165) is 0 Å². The smallest absolute Gasteiger partial charge is 0.146 e. The maximum absolute atomic E-state index is 14.4. The second-order valence-electron chi connectivity index (χ2n) is 6.82. The molecule has 2 N–H and O–H groups in total. The second-order valence-corrected chi connectivity index (χ2v) is 6.82. The lowest BCUT2D eigenvalue weighted by molar-refractivity contribution is 0.209. The number of aliphatic hydroxyl groups excluding tert-OH is 1. The first-order valence-electron chi connectivity index (χ1n) is 8.78. The molecule has 0 amide bonds. The van der Waals surface area contributed by atoms with Crippen molar-refractivity contribution in [2.45, 2.75) is 46.4 Å². The Morgan fingerprint density at radius 3 is 2.42 bits per heavy atom. The number of pyridine rings is 1. The highest BCUT2D eigenvalue weighted by molar-refractivity contribution is 5.68. The number of halogens is 2. The van der Waals surface area contributed by atoms with Crippen molar-refractivity contribution < 1.29 is 18.6 Å². The summed E-state index contributed by atoms with van der Waals surface area (Å²) in [4.78, 5) is 4.30. The largest absolute Gasteiger partial charge is 0.490 e. The molecule has 26 heavy (non-hydrogen) atoms. The van der Waals surface area contributed by atoms with Crippen molar-refractivity contribution in [1.29, 1.82) is 0 Å². The fourth-order valence-corrected chi connectivity index (χ4v) is 2.59. The van der Waals surface area contributed by atoms with E-state index in [4.69, 9.17) is 4.74 Å². The number of hydrogen-bond acceptors (Lipinski definition) is 4. The minimum Gasteiger partial charge on any atom is -0.490 e. The van der Waals surface area contributed by atoms with Gasteiger partial charge in [0.05, 0.1) is 29.7 Å². The molecule has 6 heteroatoms. The average Bonchev–Trinajstić information content (AvgIpc) is 2.56. The van der Waals surface area contributed by atoms with Crippen LogP contribution in [0, 0.1) is 17.6 Å². The van der Waals surface area contributed by atoms with E-state index in [-0.39, 0.29) is 42.5 Å². The molecular weight excluding hydrogens is 338 g/mol. The minimum atomic E-state index is -0.482. The van der Waals surface area contributed by atoms with Gasteiger partial charge in [0, 0.05) is 12.6 Å². The van der Waals surface area contributed by atoms with Crippen molar-refractivity contribution in [3.05, 3.63) is 47.7 Å². The van der Waals surface area contributed by atoms with Crippen LogP contribution in [0.25, 0.3) is 11.3 Å². The third-order valence-electron chi connectivity index (χ3n) is 4.05. The van der Waals surface area contributed by atoms with E-state index >= 15 is 0 Å². The molecule has 0 radical (unpaired) electrons. The van der Waals surface area contributed by atoms with Crippen LogP contribution in [0.1, 0.15) is 33.4 Å². The molecule has 0 bridgehead atoms. The Morgan fingerprint density at radius 2 is 1.81 bits per heavy atom. The van der Waals surface area contributed by atoms with Gasteiger partial charge in [0.2, 0.25) is 0 Å². The molecule has 0 fully saturated rings. The summed E-state index contributed by atoms with van der Waals surface area (Å²) < 4.78 is 34.3. The zero-order valence-electron chi connectivity index (χ0n) is 15.6. The van der Waals surface area contributed by atoms with Crippen LogP contribution in [-0.2, 0) is 6.54 Å². The summed E-state index contributed by atoms with van der Waals surface area (Å²) in [5.41, 5.74) is 0.687. The zero-order valence-corrected chi connectivity index (χ0v) is 15.6. The van der Waals surface area contributed by atoms with Gasteiger partial charge < -0.3 is 15.2 Å². The standard InChI is InChI=1S/C20H26F2N2O2/c1-12(2)18(11-25)23-10-17-14(21)8-9-16(24-17)20-15(22)6-5-7-19(20)26-13(3)4/h5-9,12-13,18,23,25H,10-11H2,1-4H3/t18-/m0/s1. The molecule has 0 aliphatic carbocycles. The van der Waals surface area contributed by atoms with Gasteiger partial charge in [0.1, 0.15) is 17.4 Å². The predicted octanol–water partition coefficient (Wildman–Crippen LogP) is 3.92. The summed E-state index contributed by atoms with van der Waals surface area (Å²) in [5.74, 6) is -0.404. The first kappa shape index (κ1) is 20.3. The first-order valence-corrected chi connectivity index (χ1v) is 8.78. The van der Waals surface area contributed by atoms with Gasteiger partial charge in [0.15, 0.2) is 0 Å². The van der Waals surface area contributed by atoms with Crippen LogP contribution >= 0.6 is 0 Å². The summed E-state index contributed by atoms with van der Waals surface area (Å²) in [6.45, 7) is 7.70. The Kier molecular flexibility index (Phi) is 7.06. The molecule has 1 aromatic heterocycles. The number of benzene rings is 1. The van der Waals surface area contributed by atoms with Gasteiger partial charge in [-0.2, -0.15) is 0 Å². The van der Waals surface area contributed by atoms with Crippen LogP contribution in [0.2, 0.25) is 0 Å². The van der Waals surface area contributed by atoms with E-state index in [1.165, 1.54) is 18.2 Å². The van der Waals surface area contributed by atoms with Crippen LogP contribution < -0.4 is 10.1 Å². The summed E-state index contributed by atoms with van der Waals surface area (Å²) in [6.07, 6.45) is -0.131. The monoisotopic (exact) mass is 364 g/mol. The number of ether oxygens (including phenoxy) is 1. The van der Waals surface area contributed by atoms with E-state index in [1.807, 2.05) is 27.7 Å². The van der Waals surface area contributed by atoms with Crippen molar-refractivity contribution >= 4 is 0 Å². The van der Waals surface area contributed by atoms with Crippen LogP contribution in [0.4, 0.5) is 8.78 Å². The molecule has 2 aromatic rings. The van der Waals surface area contributed by atoms with Gasteiger partial charge in [-0.15, -0.1) is 0 Å². The van der Waals surface area contributed by atoms with E-state index < -0.39 is 11.6 Å². The lowest BCUT2D eigenvalue weighted by Crippen LogP contribution is -2.37. The van der Waals surface area contributed by atoms with Crippen LogP contribution in [0.5, 0.6) is 5.75 Å². The number of aliphatic hydroxyl groups is 1. The Bertz CT molecular complexity index is 736. The Hall–Kier alpha value is -2.05. The highest BCUT2D eigenvalue weighted by atomic mass is 19.1. The average molecular weight is 364 g/mol. The third kappa shape index (κ3) is 4.99. The van der Waals surface area contributed by atoms with Crippen molar-refractivity contribution in [3.63, 3.8) is 0 Å². The van der Waals surface area contributed by atoms with Crippen molar-refractivity contribution in [2.75, 3.05) is 6.61 Å². The molecule has 0 saturated carbocycles. The first-order chi connectivity index (χ1) is 12.3. The molecule has 0 saturated heterocycles. The summed E-state index contributed by atoms with van der Waals surface area (Å²) in [6, 6.07) is 7.10. The molecule has 0 unspecified atom stereocenters. The summed E-state index contributed by atoms with van der Waals surface area (Å²) in [5, 5.41) is 12.5. The molecule has 1 atom stereocenters.